The molecule has 5 heteroatoms. The summed E-state index contributed by atoms with van der Waals surface area (Å²) in [5, 5.41) is 5.79. The average molecular weight is 304 g/mol. The highest BCUT2D eigenvalue weighted by molar-refractivity contribution is 6.32. The molecule has 2 aromatic rings. The molecule has 1 heterocycles. The molecule has 0 atom stereocenters. The number of hydrogen-bond donors (Lipinski definition) is 0. The van der Waals surface area contributed by atoms with Crippen LogP contribution in [0.5, 0.6) is 0 Å². The second kappa shape index (κ2) is 5.96. The highest BCUT2D eigenvalue weighted by Crippen LogP contribution is 2.25. The minimum Gasteiger partial charge on any atom is -0.249 e. The fraction of sp³-hybridized carbons (Fsp3) is 0.308. The molecule has 0 unspecified atom stereocenters. The predicted octanol–water partition coefficient (Wildman–Crippen LogP) is 4.54. The third-order valence-electron chi connectivity index (χ3n) is 2.81. The van der Waals surface area contributed by atoms with E-state index in [1.165, 1.54) is 0 Å². The van der Waals surface area contributed by atoms with Crippen molar-refractivity contribution in [1.29, 1.82) is 0 Å². The van der Waals surface area contributed by atoms with Crippen LogP contribution in [0.1, 0.15) is 23.7 Å². The number of rotatable bonds is 4. The summed E-state index contributed by atoms with van der Waals surface area (Å²) < 4.78 is 1.75. The van der Waals surface area contributed by atoms with Crippen LogP contribution in [0.3, 0.4) is 0 Å². The van der Waals surface area contributed by atoms with Gasteiger partial charge in [-0.15, -0.1) is 11.6 Å². The van der Waals surface area contributed by atoms with Gasteiger partial charge in [0.25, 0.3) is 0 Å². The van der Waals surface area contributed by atoms with Crippen molar-refractivity contribution in [3.63, 3.8) is 0 Å². The second-order valence-electron chi connectivity index (χ2n) is 3.95. The predicted molar refractivity (Wildman–Crippen MR) is 76.7 cm³/mol. The van der Waals surface area contributed by atoms with Crippen LogP contribution in [0.2, 0.25) is 10.2 Å². The van der Waals surface area contributed by atoms with Crippen molar-refractivity contribution < 1.29 is 0 Å². The van der Waals surface area contributed by atoms with Gasteiger partial charge in [-0.05, 0) is 18.1 Å². The van der Waals surface area contributed by atoms with E-state index in [0.717, 1.165) is 28.3 Å². The van der Waals surface area contributed by atoms with Gasteiger partial charge in [-0.1, -0.05) is 48.3 Å². The third kappa shape index (κ3) is 2.66. The van der Waals surface area contributed by atoms with Crippen LogP contribution in [0.15, 0.2) is 24.3 Å². The molecule has 0 saturated heterocycles. The fourth-order valence-electron chi connectivity index (χ4n) is 1.83. The molecule has 96 valence electrons. The molecule has 0 aliphatic heterocycles. The third-order valence-corrected chi connectivity index (χ3v) is 3.87. The first-order valence-corrected chi connectivity index (χ1v) is 6.99. The van der Waals surface area contributed by atoms with Crippen LogP contribution in [-0.2, 0) is 18.8 Å². The minimum absolute atomic E-state index is 0.379. The van der Waals surface area contributed by atoms with Gasteiger partial charge in [0, 0.05) is 10.6 Å². The van der Waals surface area contributed by atoms with Gasteiger partial charge in [-0.2, -0.15) is 5.10 Å². The first kappa shape index (κ1) is 13.7. The first-order chi connectivity index (χ1) is 8.67. The maximum Gasteiger partial charge on any atom is 0.132 e. The zero-order valence-electron chi connectivity index (χ0n) is 9.96. The van der Waals surface area contributed by atoms with Crippen LogP contribution in [0.25, 0.3) is 0 Å². The summed E-state index contributed by atoms with van der Waals surface area (Å²) in [5.41, 5.74) is 2.85. The van der Waals surface area contributed by atoms with E-state index in [1.807, 2.05) is 31.2 Å². The van der Waals surface area contributed by atoms with E-state index in [9.17, 15) is 0 Å². The van der Waals surface area contributed by atoms with Crippen molar-refractivity contribution in [2.75, 3.05) is 0 Å². The first-order valence-electron chi connectivity index (χ1n) is 5.70. The number of halogens is 3. The van der Waals surface area contributed by atoms with Gasteiger partial charge >= 0.3 is 0 Å². The van der Waals surface area contributed by atoms with Crippen LogP contribution >= 0.6 is 34.8 Å². The molecule has 0 saturated carbocycles. The molecular weight excluding hydrogens is 291 g/mol. The molecule has 2 rings (SSSR count). The van der Waals surface area contributed by atoms with Crippen molar-refractivity contribution in [1.82, 2.24) is 9.78 Å². The monoisotopic (exact) mass is 302 g/mol. The molecule has 1 aromatic heterocycles. The Balaban J connectivity index is 2.35. The van der Waals surface area contributed by atoms with Gasteiger partial charge in [-0.25, -0.2) is 4.68 Å². The summed E-state index contributed by atoms with van der Waals surface area (Å²) in [4.78, 5) is 0. The molecular formula is C13H13Cl3N2. The lowest BCUT2D eigenvalue weighted by atomic mass is 10.2. The Morgan fingerprint density at radius 1 is 1.22 bits per heavy atom. The summed E-state index contributed by atoms with van der Waals surface area (Å²) in [6.45, 7) is 2.59. The second-order valence-corrected chi connectivity index (χ2v) is 4.98. The number of alkyl halides is 1. The number of nitrogens with zero attached hydrogens (tertiary/aromatic N) is 2. The molecule has 0 amide bonds. The van der Waals surface area contributed by atoms with Gasteiger partial charge in [0.05, 0.1) is 18.1 Å². The topological polar surface area (TPSA) is 17.8 Å². The van der Waals surface area contributed by atoms with E-state index in [2.05, 4.69) is 5.10 Å². The quantitative estimate of drug-likeness (QED) is 0.758. The minimum atomic E-state index is 0.379. The van der Waals surface area contributed by atoms with E-state index >= 15 is 0 Å². The molecule has 0 spiro atoms. The number of hydrogen-bond acceptors (Lipinski definition) is 1. The SMILES string of the molecule is CCc1nn(Cc2ccccc2Cl)c(Cl)c1CCl. The van der Waals surface area contributed by atoms with E-state index < -0.39 is 0 Å². The summed E-state index contributed by atoms with van der Waals surface area (Å²) in [6, 6.07) is 7.67. The highest BCUT2D eigenvalue weighted by Gasteiger charge is 2.14. The van der Waals surface area contributed by atoms with Crippen LogP contribution in [-0.4, -0.2) is 9.78 Å². The molecule has 0 radical (unpaired) electrons. The lowest BCUT2D eigenvalue weighted by Crippen LogP contribution is -2.03. The zero-order valence-corrected chi connectivity index (χ0v) is 12.2. The van der Waals surface area contributed by atoms with E-state index in [4.69, 9.17) is 34.8 Å². The van der Waals surface area contributed by atoms with Crippen molar-refractivity contribution in [3.8, 4) is 0 Å². The Kier molecular flexibility index (Phi) is 4.55. The summed E-state index contributed by atoms with van der Waals surface area (Å²) in [6.07, 6.45) is 0.817. The van der Waals surface area contributed by atoms with Gasteiger partial charge in [-0.3, -0.25) is 0 Å². The Morgan fingerprint density at radius 3 is 2.50 bits per heavy atom. The van der Waals surface area contributed by atoms with Crippen molar-refractivity contribution >= 4 is 34.8 Å². The number of aryl methyl sites for hydroxylation is 1. The van der Waals surface area contributed by atoms with Crippen LogP contribution in [0.4, 0.5) is 0 Å². The van der Waals surface area contributed by atoms with Crippen LogP contribution in [0, 0.1) is 0 Å². The molecule has 18 heavy (non-hydrogen) atoms. The van der Waals surface area contributed by atoms with Gasteiger partial charge < -0.3 is 0 Å². The molecule has 0 bridgehead atoms. The Labute approximate surface area is 121 Å². The summed E-state index contributed by atoms with van der Waals surface area (Å²) in [7, 11) is 0. The van der Waals surface area contributed by atoms with E-state index in [1.54, 1.807) is 4.68 Å². The molecule has 1 aromatic carbocycles. The molecule has 0 aliphatic rings. The highest BCUT2D eigenvalue weighted by atomic mass is 35.5. The average Bonchev–Trinajstić information content (AvgIpc) is 2.68. The largest absolute Gasteiger partial charge is 0.249 e. The molecule has 2 nitrogen and oxygen atoms in total. The standard InChI is InChI=1S/C13H13Cl3N2/c1-2-12-10(7-14)13(16)18(17-12)8-9-5-3-4-6-11(9)15/h3-6H,2,7-8H2,1H3. The van der Waals surface area contributed by atoms with Crippen molar-refractivity contribution in [2.24, 2.45) is 0 Å². The summed E-state index contributed by atoms with van der Waals surface area (Å²) >= 11 is 18.3. The fourth-order valence-corrected chi connectivity index (χ4v) is 2.65. The normalized spacial score (nSPS) is 10.9. The van der Waals surface area contributed by atoms with Crippen LogP contribution < -0.4 is 0 Å². The summed E-state index contributed by atoms with van der Waals surface area (Å²) in [5.74, 6) is 0.379. The molecule has 0 fully saturated rings. The smallest absolute Gasteiger partial charge is 0.132 e. The lowest BCUT2D eigenvalue weighted by molar-refractivity contribution is 0.674. The van der Waals surface area contributed by atoms with Gasteiger partial charge in [0.1, 0.15) is 5.15 Å². The van der Waals surface area contributed by atoms with Gasteiger partial charge in [0.2, 0.25) is 0 Å². The molecule has 0 aliphatic carbocycles. The Morgan fingerprint density at radius 2 is 1.94 bits per heavy atom. The maximum absolute atomic E-state index is 6.28. The van der Waals surface area contributed by atoms with Gasteiger partial charge in [0.15, 0.2) is 0 Å². The zero-order chi connectivity index (χ0) is 13.1. The van der Waals surface area contributed by atoms with E-state index in [0.29, 0.717) is 17.6 Å². The number of benzene rings is 1. The van der Waals surface area contributed by atoms with Crippen molar-refractivity contribution in [2.45, 2.75) is 25.8 Å². The van der Waals surface area contributed by atoms with Crippen molar-refractivity contribution in [3.05, 3.63) is 51.3 Å². The Bertz CT molecular complexity index is 549. The maximum atomic E-state index is 6.28. The lowest BCUT2D eigenvalue weighted by Gasteiger charge is -2.05. The molecule has 0 N–H and O–H groups in total. The Hall–Kier alpha value is -0.700. The van der Waals surface area contributed by atoms with E-state index in [-0.39, 0.29) is 0 Å². The number of aromatic nitrogens is 2.